The molecule has 0 aromatic heterocycles. The highest BCUT2D eigenvalue weighted by Crippen LogP contribution is 2.10. The molecule has 4 heteroatoms. The van der Waals surface area contributed by atoms with Gasteiger partial charge in [0, 0.05) is 0 Å². The SMILES string of the molecule is C.N[C@@H](Cc1ccc(O)cc1)C(=O)O. The van der Waals surface area contributed by atoms with Crippen molar-refractivity contribution >= 4 is 5.97 Å². The molecule has 1 aromatic rings. The Morgan fingerprint density at radius 2 is 1.86 bits per heavy atom. The maximum atomic E-state index is 10.4. The third kappa shape index (κ3) is 3.45. The van der Waals surface area contributed by atoms with Gasteiger partial charge in [0.15, 0.2) is 0 Å². The van der Waals surface area contributed by atoms with Gasteiger partial charge in [-0.25, -0.2) is 0 Å². The van der Waals surface area contributed by atoms with Gasteiger partial charge < -0.3 is 15.9 Å². The van der Waals surface area contributed by atoms with E-state index in [1.165, 1.54) is 12.1 Å². The molecule has 0 saturated carbocycles. The molecule has 0 unspecified atom stereocenters. The van der Waals surface area contributed by atoms with E-state index < -0.39 is 12.0 Å². The average Bonchev–Trinajstić information content (AvgIpc) is 2.08. The quantitative estimate of drug-likeness (QED) is 0.674. The van der Waals surface area contributed by atoms with Gasteiger partial charge in [-0.2, -0.15) is 0 Å². The van der Waals surface area contributed by atoms with E-state index in [1.54, 1.807) is 12.1 Å². The molecule has 4 N–H and O–H groups in total. The van der Waals surface area contributed by atoms with Crippen LogP contribution in [0.5, 0.6) is 5.75 Å². The molecule has 1 rings (SSSR count). The first-order valence-electron chi connectivity index (χ1n) is 3.86. The Labute approximate surface area is 83.0 Å². The van der Waals surface area contributed by atoms with Crippen LogP contribution in [0.2, 0.25) is 0 Å². The number of carboxylic acid groups (broad SMARTS) is 1. The van der Waals surface area contributed by atoms with E-state index in [-0.39, 0.29) is 19.6 Å². The summed E-state index contributed by atoms with van der Waals surface area (Å²) in [6.45, 7) is 0. The van der Waals surface area contributed by atoms with E-state index >= 15 is 0 Å². The first kappa shape index (κ1) is 12.4. The Morgan fingerprint density at radius 1 is 1.36 bits per heavy atom. The summed E-state index contributed by atoms with van der Waals surface area (Å²) >= 11 is 0. The highest BCUT2D eigenvalue weighted by molar-refractivity contribution is 5.73. The summed E-state index contributed by atoms with van der Waals surface area (Å²) in [5.41, 5.74) is 6.12. The van der Waals surface area contributed by atoms with Gasteiger partial charge in [-0.1, -0.05) is 19.6 Å². The van der Waals surface area contributed by atoms with E-state index in [0.717, 1.165) is 5.56 Å². The van der Waals surface area contributed by atoms with Crippen LogP contribution in [0, 0.1) is 0 Å². The van der Waals surface area contributed by atoms with E-state index in [2.05, 4.69) is 0 Å². The second-order valence-electron chi connectivity index (χ2n) is 2.82. The lowest BCUT2D eigenvalue weighted by atomic mass is 10.1. The number of nitrogens with two attached hydrogens (primary N) is 1. The fourth-order valence-electron chi connectivity index (χ4n) is 0.973. The zero-order chi connectivity index (χ0) is 9.84. The molecule has 1 atom stereocenters. The van der Waals surface area contributed by atoms with Crippen molar-refractivity contribution in [2.45, 2.75) is 19.9 Å². The van der Waals surface area contributed by atoms with Crippen LogP contribution < -0.4 is 5.73 Å². The van der Waals surface area contributed by atoms with E-state index in [0.29, 0.717) is 0 Å². The topological polar surface area (TPSA) is 83.5 Å². The number of benzene rings is 1. The van der Waals surface area contributed by atoms with Crippen molar-refractivity contribution in [2.24, 2.45) is 5.73 Å². The number of carboxylic acids is 1. The predicted molar refractivity (Wildman–Crippen MR) is 54.2 cm³/mol. The Bertz CT molecular complexity index is 295. The molecule has 0 aliphatic carbocycles. The number of phenols is 1. The second-order valence-corrected chi connectivity index (χ2v) is 2.82. The summed E-state index contributed by atoms with van der Waals surface area (Å²) in [6.07, 6.45) is 0.273. The first-order chi connectivity index (χ1) is 6.09. The zero-order valence-electron chi connectivity index (χ0n) is 6.97. The van der Waals surface area contributed by atoms with Gasteiger partial charge in [0.05, 0.1) is 0 Å². The molecule has 1 aromatic carbocycles. The zero-order valence-corrected chi connectivity index (χ0v) is 6.97. The highest BCUT2D eigenvalue weighted by Gasteiger charge is 2.11. The number of aromatic hydroxyl groups is 1. The molecule has 0 fully saturated rings. The van der Waals surface area contributed by atoms with Crippen molar-refractivity contribution < 1.29 is 15.0 Å². The maximum absolute atomic E-state index is 10.4. The van der Waals surface area contributed by atoms with Crippen LogP contribution in [-0.2, 0) is 11.2 Å². The molecule has 0 amide bonds. The van der Waals surface area contributed by atoms with Gasteiger partial charge in [-0.05, 0) is 24.1 Å². The number of rotatable bonds is 3. The number of aliphatic carboxylic acids is 1. The lowest BCUT2D eigenvalue weighted by molar-refractivity contribution is -0.138. The molecular formula is C10H15NO3. The molecule has 0 heterocycles. The molecule has 78 valence electrons. The van der Waals surface area contributed by atoms with Crippen LogP contribution in [0.25, 0.3) is 0 Å². The smallest absolute Gasteiger partial charge is 0.320 e. The third-order valence-electron chi connectivity index (χ3n) is 1.71. The van der Waals surface area contributed by atoms with Gasteiger partial charge >= 0.3 is 5.97 Å². The first-order valence-corrected chi connectivity index (χ1v) is 3.86. The molecule has 0 bridgehead atoms. The number of hydrogen-bond acceptors (Lipinski definition) is 3. The fourth-order valence-corrected chi connectivity index (χ4v) is 0.973. The van der Waals surface area contributed by atoms with Gasteiger partial charge in [0.25, 0.3) is 0 Å². The molecule has 0 spiro atoms. The normalized spacial score (nSPS) is 11.5. The molecule has 0 aliphatic rings. The van der Waals surface area contributed by atoms with E-state index in [9.17, 15) is 4.79 Å². The van der Waals surface area contributed by atoms with E-state index in [4.69, 9.17) is 15.9 Å². The van der Waals surface area contributed by atoms with Crippen molar-refractivity contribution in [3.8, 4) is 5.75 Å². The van der Waals surface area contributed by atoms with Gasteiger partial charge in [-0.3, -0.25) is 4.79 Å². The van der Waals surface area contributed by atoms with Crippen molar-refractivity contribution in [3.05, 3.63) is 29.8 Å². The standard InChI is InChI=1S/C9H11NO3.CH4/c10-8(9(12)13)5-6-1-3-7(11)4-2-6;/h1-4,8,11H,5,10H2,(H,12,13);1H4/t8-;/m0./s1. The monoisotopic (exact) mass is 197 g/mol. The van der Waals surface area contributed by atoms with Crippen LogP contribution in [0.4, 0.5) is 0 Å². The number of phenolic OH excluding ortho intramolecular Hbond substituents is 1. The fraction of sp³-hybridized carbons (Fsp3) is 0.300. The van der Waals surface area contributed by atoms with Crippen LogP contribution in [0.1, 0.15) is 13.0 Å². The Morgan fingerprint density at radius 3 is 2.29 bits per heavy atom. The summed E-state index contributed by atoms with van der Waals surface area (Å²) in [6, 6.07) is 5.42. The lowest BCUT2D eigenvalue weighted by Crippen LogP contribution is -2.32. The summed E-state index contributed by atoms with van der Waals surface area (Å²) < 4.78 is 0. The van der Waals surface area contributed by atoms with Crippen LogP contribution in [0.15, 0.2) is 24.3 Å². The van der Waals surface area contributed by atoms with Crippen LogP contribution in [0.3, 0.4) is 0 Å². The maximum Gasteiger partial charge on any atom is 0.320 e. The molecule has 14 heavy (non-hydrogen) atoms. The molecular weight excluding hydrogens is 182 g/mol. The highest BCUT2D eigenvalue weighted by atomic mass is 16.4. The van der Waals surface area contributed by atoms with E-state index in [1.807, 2.05) is 0 Å². The third-order valence-corrected chi connectivity index (χ3v) is 1.71. The van der Waals surface area contributed by atoms with Gasteiger partial charge in [-0.15, -0.1) is 0 Å². The summed E-state index contributed by atoms with van der Waals surface area (Å²) in [5.74, 6) is -0.860. The second kappa shape index (κ2) is 5.24. The summed E-state index contributed by atoms with van der Waals surface area (Å²) in [7, 11) is 0. The van der Waals surface area contributed by atoms with Crippen molar-refractivity contribution in [1.29, 1.82) is 0 Å². The largest absolute Gasteiger partial charge is 0.508 e. The average molecular weight is 197 g/mol. The van der Waals surface area contributed by atoms with Crippen molar-refractivity contribution in [3.63, 3.8) is 0 Å². The Kier molecular flexibility index (Phi) is 4.66. The minimum Gasteiger partial charge on any atom is -0.508 e. The molecule has 0 radical (unpaired) electrons. The van der Waals surface area contributed by atoms with Gasteiger partial charge in [0.2, 0.25) is 0 Å². The van der Waals surface area contributed by atoms with Crippen LogP contribution >= 0.6 is 0 Å². The van der Waals surface area contributed by atoms with Crippen LogP contribution in [-0.4, -0.2) is 22.2 Å². The Balaban J connectivity index is 0.00000169. The number of hydrogen-bond donors (Lipinski definition) is 3. The van der Waals surface area contributed by atoms with Crippen molar-refractivity contribution in [1.82, 2.24) is 0 Å². The minimum atomic E-state index is -1.02. The number of carbonyl (C=O) groups is 1. The predicted octanol–water partition coefficient (Wildman–Crippen LogP) is 0.983. The van der Waals surface area contributed by atoms with Gasteiger partial charge in [0.1, 0.15) is 11.8 Å². The minimum absolute atomic E-state index is 0. The molecule has 0 aliphatic heterocycles. The molecule has 0 saturated heterocycles. The summed E-state index contributed by atoms with van der Waals surface area (Å²) in [5, 5.41) is 17.5. The van der Waals surface area contributed by atoms with Crippen molar-refractivity contribution in [2.75, 3.05) is 0 Å². The summed E-state index contributed by atoms with van der Waals surface area (Å²) in [4.78, 5) is 10.4. The Hall–Kier alpha value is -1.55. The lowest BCUT2D eigenvalue weighted by Gasteiger charge is -2.05. The molecule has 4 nitrogen and oxygen atoms in total.